The number of carbonyl (C=O) groups is 1. The molecule has 0 atom stereocenters. The maximum atomic E-state index is 12.3. The monoisotopic (exact) mass is 356 g/mol. The van der Waals surface area contributed by atoms with Crippen LogP contribution in [-0.4, -0.2) is 48.4 Å². The van der Waals surface area contributed by atoms with E-state index in [0.29, 0.717) is 5.56 Å². The number of aromatic nitrogens is 4. The molecule has 2 heterocycles. The molecule has 0 aliphatic rings. The first-order valence-corrected chi connectivity index (χ1v) is 8.04. The zero-order chi connectivity index (χ0) is 17.9. The number of amides is 2. The molecule has 0 aliphatic carbocycles. The Kier molecular flexibility index (Phi) is 4.87. The topological polar surface area (TPSA) is 137 Å². The number of nitrogens with zero attached hydrogens (tertiary/aromatic N) is 4. The number of anilines is 1. The van der Waals surface area contributed by atoms with Gasteiger partial charge in [0.25, 0.3) is 10.0 Å². The SMILES string of the molecule is COc1cc(OC)nc(NC(=O)NS(=O)(=O)c2c(C)cnn2C)n1. The van der Waals surface area contributed by atoms with Crippen LogP contribution < -0.4 is 19.5 Å². The Bertz CT molecular complexity index is 821. The van der Waals surface area contributed by atoms with Gasteiger partial charge in [-0.15, -0.1) is 0 Å². The third kappa shape index (κ3) is 3.71. The molecule has 0 bridgehead atoms. The van der Waals surface area contributed by atoms with E-state index in [2.05, 4.69) is 20.4 Å². The van der Waals surface area contributed by atoms with Crippen molar-refractivity contribution in [3.05, 3.63) is 17.8 Å². The zero-order valence-electron chi connectivity index (χ0n) is 13.4. The molecule has 2 N–H and O–H groups in total. The largest absolute Gasteiger partial charge is 0.481 e. The van der Waals surface area contributed by atoms with Crippen LogP contribution in [-0.2, 0) is 17.1 Å². The van der Waals surface area contributed by atoms with Gasteiger partial charge < -0.3 is 9.47 Å². The van der Waals surface area contributed by atoms with Crippen molar-refractivity contribution in [2.45, 2.75) is 11.9 Å². The van der Waals surface area contributed by atoms with Crippen LogP contribution in [0.2, 0.25) is 0 Å². The number of sulfonamides is 1. The van der Waals surface area contributed by atoms with Crippen LogP contribution in [0.15, 0.2) is 17.3 Å². The van der Waals surface area contributed by atoms with Gasteiger partial charge in [0.2, 0.25) is 17.7 Å². The van der Waals surface area contributed by atoms with E-state index in [4.69, 9.17) is 9.47 Å². The minimum Gasteiger partial charge on any atom is -0.481 e. The molecule has 11 nitrogen and oxygen atoms in total. The molecule has 0 unspecified atom stereocenters. The molecule has 0 aliphatic heterocycles. The Hall–Kier alpha value is -2.89. The maximum absolute atomic E-state index is 12.3. The van der Waals surface area contributed by atoms with Gasteiger partial charge in [-0.25, -0.2) is 9.52 Å². The number of urea groups is 1. The van der Waals surface area contributed by atoms with Crippen molar-refractivity contribution in [1.29, 1.82) is 0 Å². The summed E-state index contributed by atoms with van der Waals surface area (Å²) in [4.78, 5) is 19.7. The van der Waals surface area contributed by atoms with Crippen molar-refractivity contribution in [2.24, 2.45) is 7.05 Å². The highest BCUT2D eigenvalue weighted by molar-refractivity contribution is 7.90. The van der Waals surface area contributed by atoms with E-state index in [0.717, 1.165) is 4.68 Å². The van der Waals surface area contributed by atoms with Crippen LogP contribution in [0.25, 0.3) is 0 Å². The number of hydrogen-bond donors (Lipinski definition) is 2. The van der Waals surface area contributed by atoms with E-state index in [-0.39, 0.29) is 22.7 Å². The Labute approximate surface area is 138 Å². The van der Waals surface area contributed by atoms with Crippen molar-refractivity contribution in [3.63, 3.8) is 0 Å². The number of hydrogen-bond acceptors (Lipinski definition) is 8. The highest BCUT2D eigenvalue weighted by atomic mass is 32.2. The molecule has 2 amide bonds. The smallest absolute Gasteiger partial charge is 0.335 e. The van der Waals surface area contributed by atoms with Crippen LogP contribution >= 0.6 is 0 Å². The average molecular weight is 356 g/mol. The summed E-state index contributed by atoms with van der Waals surface area (Å²) in [5.41, 5.74) is 0.400. The third-order valence-corrected chi connectivity index (χ3v) is 4.41. The van der Waals surface area contributed by atoms with Gasteiger partial charge in [-0.05, 0) is 6.92 Å². The lowest BCUT2D eigenvalue weighted by molar-refractivity contribution is 0.256. The van der Waals surface area contributed by atoms with Gasteiger partial charge in [-0.2, -0.15) is 23.5 Å². The Morgan fingerprint density at radius 3 is 2.25 bits per heavy atom. The molecule has 0 fully saturated rings. The van der Waals surface area contributed by atoms with Crippen molar-refractivity contribution in [2.75, 3.05) is 19.5 Å². The molecule has 0 spiro atoms. The molecule has 12 heteroatoms. The summed E-state index contributed by atoms with van der Waals surface area (Å²) in [6.07, 6.45) is 1.38. The zero-order valence-corrected chi connectivity index (χ0v) is 14.2. The lowest BCUT2D eigenvalue weighted by Crippen LogP contribution is -2.36. The molecular formula is C12H16N6O5S. The molecule has 0 radical (unpaired) electrons. The van der Waals surface area contributed by atoms with E-state index >= 15 is 0 Å². The quantitative estimate of drug-likeness (QED) is 0.766. The van der Waals surface area contributed by atoms with Crippen LogP contribution in [0.1, 0.15) is 5.56 Å². The first-order valence-electron chi connectivity index (χ1n) is 6.56. The summed E-state index contributed by atoms with van der Waals surface area (Å²) in [7, 11) is 0.0978. The molecule has 24 heavy (non-hydrogen) atoms. The minimum atomic E-state index is -4.11. The normalized spacial score (nSPS) is 11.0. The molecule has 0 saturated carbocycles. The lowest BCUT2D eigenvalue weighted by Gasteiger charge is -2.10. The second-order valence-electron chi connectivity index (χ2n) is 4.59. The number of nitrogens with one attached hydrogen (secondary N) is 2. The van der Waals surface area contributed by atoms with Crippen molar-refractivity contribution >= 4 is 22.0 Å². The fourth-order valence-electron chi connectivity index (χ4n) is 1.89. The first-order chi connectivity index (χ1) is 11.3. The predicted octanol–water partition coefficient (Wildman–Crippen LogP) is 0.0461. The predicted molar refractivity (Wildman–Crippen MR) is 82.4 cm³/mol. The van der Waals surface area contributed by atoms with Crippen molar-refractivity contribution < 1.29 is 22.7 Å². The molecule has 2 rings (SSSR count). The van der Waals surface area contributed by atoms with Gasteiger partial charge in [0.15, 0.2) is 5.03 Å². The highest BCUT2D eigenvalue weighted by Crippen LogP contribution is 2.17. The lowest BCUT2D eigenvalue weighted by atomic mass is 10.4. The van der Waals surface area contributed by atoms with E-state index in [9.17, 15) is 13.2 Å². The van der Waals surface area contributed by atoms with Crippen LogP contribution in [0.4, 0.5) is 10.7 Å². The average Bonchev–Trinajstić information content (AvgIpc) is 2.85. The van der Waals surface area contributed by atoms with E-state index in [1.807, 2.05) is 4.72 Å². The van der Waals surface area contributed by atoms with Crippen molar-refractivity contribution in [1.82, 2.24) is 24.5 Å². The number of rotatable bonds is 5. The highest BCUT2D eigenvalue weighted by Gasteiger charge is 2.24. The standard InChI is InChI=1S/C12H16N6O5S/c1-7-6-13-18(2)10(7)24(20,21)17-12(19)16-11-14-8(22-3)5-9(15-11)23-4/h5-6H,1-4H3,(H2,14,15,16,17,19). The van der Waals surface area contributed by atoms with Crippen LogP contribution in [0, 0.1) is 6.92 Å². The number of carbonyl (C=O) groups excluding carboxylic acids is 1. The van der Waals surface area contributed by atoms with Gasteiger partial charge in [0, 0.05) is 12.6 Å². The number of ether oxygens (including phenoxy) is 2. The second kappa shape index (κ2) is 6.70. The number of methoxy groups -OCH3 is 2. The Morgan fingerprint density at radius 2 is 1.79 bits per heavy atom. The summed E-state index contributed by atoms with van der Waals surface area (Å²) in [6, 6.07) is 0.365. The first kappa shape index (κ1) is 17.5. The fourth-order valence-corrected chi connectivity index (χ4v) is 3.15. The third-order valence-electron chi connectivity index (χ3n) is 2.86. The maximum Gasteiger partial charge on any atom is 0.335 e. The molecule has 2 aromatic rings. The molecule has 130 valence electrons. The van der Waals surface area contributed by atoms with Crippen LogP contribution in [0.5, 0.6) is 11.8 Å². The summed E-state index contributed by atoms with van der Waals surface area (Å²) < 4.78 is 37.4. The van der Waals surface area contributed by atoms with E-state index in [1.54, 1.807) is 6.92 Å². The van der Waals surface area contributed by atoms with Gasteiger partial charge in [0.1, 0.15) is 0 Å². The van der Waals surface area contributed by atoms with Gasteiger partial charge in [0.05, 0.1) is 26.5 Å². The summed E-state index contributed by atoms with van der Waals surface area (Å²) in [5, 5.41) is 5.91. The molecule has 0 saturated heterocycles. The Balaban J connectivity index is 2.19. The number of aryl methyl sites for hydroxylation is 2. The Morgan fingerprint density at radius 1 is 1.21 bits per heavy atom. The van der Waals surface area contributed by atoms with Crippen molar-refractivity contribution in [3.8, 4) is 11.8 Å². The summed E-state index contributed by atoms with van der Waals surface area (Å²) >= 11 is 0. The van der Waals surface area contributed by atoms with Gasteiger partial charge in [-0.3, -0.25) is 10.00 Å². The summed E-state index contributed by atoms with van der Waals surface area (Å²) in [6.45, 7) is 1.56. The van der Waals surface area contributed by atoms with Gasteiger partial charge >= 0.3 is 6.03 Å². The second-order valence-corrected chi connectivity index (χ2v) is 6.19. The molecule has 0 aromatic carbocycles. The molecule has 2 aromatic heterocycles. The van der Waals surface area contributed by atoms with E-state index in [1.165, 1.54) is 33.5 Å². The van der Waals surface area contributed by atoms with Crippen LogP contribution in [0.3, 0.4) is 0 Å². The fraction of sp³-hybridized carbons (Fsp3) is 0.333. The van der Waals surface area contributed by atoms with E-state index < -0.39 is 16.1 Å². The minimum absolute atomic E-state index is 0.123. The summed E-state index contributed by atoms with van der Waals surface area (Å²) in [5.74, 6) is 0.102. The molecular weight excluding hydrogens is 340 g/mol. The van der Waals surface area contributed by atoms with Gasteiger partial charge in [-0.1, -0.05) is 0 Å².